The quantitative estimate of drug-likeness (QED) is 0.569. The van der Waals surface area contributed by atoms with Crippen LogP contribution in [0.4, 0.5) is 0 Å². The summed E-state index contributed by atoms with van der Waals surface area (Å²) < 4.78 is 2.81. The molecule has 0 spiro atoms. The third-order valence-corrected chi connectivity index (χ3v) is 4.67. The fourth-order valence-corrected chi connectivity index (χ4v) is 3.63. The molecule has 0 aromatic carbocycles. The molecule has 3 heterocycles. The van der Waals surface area contributed by atoms with Gasteiger partial charge < -0.3 is 0 Å². The molecule has 0 saturated carbocycles. The van der Waals surface area contributed by atoms with Crippen molar-refractivity contribution in [2.45, 2.75) is 20.4 Å². The van der Waals surface area contributed by atoms with E-state index in [1.54, 1.807) is 17.5 Å². The third-order valence-electron chi connectivity index (χ3n) is 3.22. The maximum Gasteiger partial charge on any atom is 0.129 e. The van der Waals surface area contributed by atoms with Crippen molar-refractivity contribution >= 4 is 34.5 Å². The van der Waals surface area contributed by atoms with E-state index in [-0.39, 0.29) is 0 Å². The Hall–Kier alpha value is -1.36. The zero-order valence-electron chi connectivity index (χ0n) is 12.3. The van der Waals surface area contributed by atoms with Crippen LogP contribution in [0.2, 0.25) is 9.49 Å². The number of halogens is 2. The van der Waals surface area contributed by atoms with Gasteiger partial charge in [0, 0.05) is 18.3 Å². The molecular weight excluding hydrogens is 337 g/mol. The molecule has 0 aliphatic rings. The van der Waals surface area contributed by atoms with Crippen molar-refractivity contribution in [2.75, 3.05) is 0 Å². The minimum atomic E-state index is 0.476. The number of hydrogen-bond donors (Lipinski definition) is 0. The highest BCUT2D eigenvalue weighted by Crippen LogP contribution is 2.38. The number of nitrogens with zero attached hydrogens (tertiary/aromatic N) is 3. The first kappa shape index (κ1) is 15.5. The van der Waals surface area contributed by atoms with Gasteiger partial charge in [-0.2, -0.15) is 5.10 Å². The standard InChI is InChI=1S/C16H15Cl2N3S/c1-10(2)9-21-16(13-3-4-15(18)22-13)12(8-20-21)11-5-6-19-14(17)7-11/h3-8,10H,9H2,1-2H3. The van der Waals surface area contributed by atoms with E-state index in [4.69, 9.17) is 23.2 Å². The average molecular weight is 352 g/mol. The van der Waals surface area contributed by atoms with Gasteiger partial charge in [-0.1, -0.05) is 37.0 Å². The smallest absolute Gasteiger partial charge is 0.129 e. The van der Waals surface area contributed by atoms with Crippen molar-refractivity contribution in [3.63, 3.8) is 0 Å². The summed E-state index contributed by atoms with van der Waals surface area (Å²) in [6.45, 7) is 5.20. The maximum absolute atomic E-state index is 6.12. The average Bonchev–Trinajstić information content (AvgIpc) is 3.04. The second kappa shape index (κ2) is 6.41. The third kappa shape index (κ3) is 3.19. The summed E-state index contributed by atoms with van der Waals surface area (Å²) >= 11 is 13.7. The van der Waals surface area contributed by atoms with E-state index in [9.17, 15) is 0 Å². The first-order chi connectivity index (χ1) is 10.5. The minimum absolute atomic E-state index is 0.476. The van der Waals surface area contributed by atoms with Crippen molar-refractivity contribution < 1.29 is 0 Å². The molecule has 0 fully saturated rings. The highest BCUT2D eigenvalue weighted by Gasteiger charge is 2.17. The molecule has 0 radical (unpaired) electrons. The topological polar surface area (TPSA) is 30.7 Å². The molecule has 0 aliphatic carbocycles. The van der Waals surface area contributed by atoms with Crippen LogP contribution in [0.1, 0.15) is 13.8 Å². The first-order valence-electron chi connectivity index (χ1n) is 6.98. The molecule has 22 heavy (non-hydrogen) atoms. The molecule has 0 saturated heterocycles. The van der Waals surface area contributed by atoms with E-state index in [1.807, 2.05) is 35.1 Å². The van der Waals surface area contributed by atoms with Crippen LogP contribution >= 0.6 is 34.5 Å². The van der Waals surface area contributed by atoms with Crippen molar-refractivity contribution in [3.05, 3.63) is 46.1 Å². The van der Waals surface area contributed by atoms with Crippen LogP contribution in [0.15, 0.2) is 36.7 Å². The van der Waals surface area contributed by atoms with Gasteiger partial charge in [0.15, 0.2) is 0 Å². The zero-order chi connectivity index (χ0) is 15.7. The molecule has 0 amide bonds. The molecule has 0 atom stereocenters. The Morgan fingerprint density at radius 3 is 2.68 bits per heavy atom. The number of rotatable bonds is 4. The molecule has 3 nitrogen and oxygen atoms in total. The van der Waals surface area contributed by atoms with E-state index in [0.717, 1.165) is 32.6 Å². The van der Waals surface area contributed by atoms with Crippen LogP contribution in [-0.4, -0.2) is 14.8 Å². The van der Waals surface area contributed by atoms with Gasteiger partial charge >= 0.3 is 0 Å². The number of pyridine rings is 1. The second-order valence-corrected chi connectivity index (χ2v) is 7.56. The van der Waals surface area contributed by atoms with Gasteiger partial charge in [0.25, 0.3) is 0 Å². The van der Waals surface area contributed by atoms with Gasteiger partial charge in [0.05, 0.1) is 21.1 Å². The van der Waals surface area contributed by atoms with Crippen LogP contribution in [-0.2, 0) is 6.54 Å². The molecule has 114 valence electrons. The maximum atomic E-state index is 6.12. The van der Waals surface area contributed by atoms with Gasteiger partial charge in [-0.05, 0) is 35.7 Å². The summed E-state index contributed by atoms with van der Waals surface area (Å²) in [5, 5.41) is 5.04. The number of hydrogen-bond acceptors (Lipinski definition) is 3. The summed E-state index contributed by atoms with van der Waals surface area (Å²) in [7, 11) is 0. The summed E-state index contributed by atoms with van der Waals surface area (Å²) in [6.07, 6.45) is 3.60. The van der Waals surface area contributed by atoms with E-state index in [1.165, 1.54) is 0 Å². The van der Waals surface area contributed by atoms with Crippen molar-refractivity contribution in [1.82, 2.24) is 14.8 Å². The van der Waals surface area contributed by atoms with Crippen molar-refractivity contribution in [2.24, 2.45) is 5.92 Å². The van der Waals surface area contributed by atoms with E-state index < -0.39 is 0 Å². The van der Waals surface area contributed by atoms with E-state index in [0.29, 0.717) is 11.1 Å². The van der Waals surface area contributed by atoms with Crippen molar-refractivity contribution in [3.8, 4) is 21.7 Å². The fraction of sp³-hybridized carbons (Fsp3) is 0.250. The Balaban J connectivity index is 2.16. The zero-order valence-corrected chi connectivity index (χ0v) is 14.6. The SMILES string of the molecule is CC(C)Cn1ncc(-c2ccnc(Cl)c2)c1-c1ccc(Cl)s1. The predicted octanol–water partition coefficient (Wildman–Crippen LogP) is 5.64. The van der Waals surface area contributed by atoms with Crippen LogP contribution < -0.4 is 0 Å². The van der Waals surface area contributed by atoms with E-state index >= 15 is 0 Å². The lowest BCUT2D eigenvalue weighted by molar-refractivity contribution is 0.487. The number of thiophene rings is 1. The molecule has 0 bridgehead atoms. The lowest BCUT2D eigenvalue weighted by atomic mass is 10.1. The largest absolute Gasteiger partial charge is 0.263 e. The Labute approximate surface area is 143 Å². The lowest BCUT2D eigenvalue weighted by Gasteiger charge is -2.10. The Bertz CT molecular complexity index is 792. The summed E-state index contributed by atoms with van der Waals surface area (Å²) in [4.78, 5) is 5.15. The Morgan fingerprint density at radius 2 is 2.05 bits per heavy atom. The summed E-state index contributed by atoms with van der Waals surface area (Å²) in [5.41, 5.74) is 3.13. The second-order valence-electron chi connectivity index (χ2n) is 5.45. The molecule has 3 rings (SSSR count). The van der Waals surface area contributed by atoms with Crippen LogP contribution in [0, 0.1) is 5.92 Å². The lowest BCUT2D eigenvalue weighted by Crippen LogP contribution is -2.07. The summed E-state index contributed by atoms with van der Waals surface area (Å²) in [6, 6.07) is 7.75. The first-order valence-corrected chi connectivity index (χ1v) is 8.55. The van der Waals surface area contributed by atoms with Gasteiger partial charge in [0.2, 0.25) is 0 Å². The highest BCUT2D eigenvalue weighted by atomic mass is 35.5. The molecule has 6 heteroatoms. The van der Waals surface area contributed by atoms with Crippen LogP contribution in [0.5, 0.6) is 0 Å². The fourth-order valence-electron chi connectivity index (χ4n) is 2.35. The number of aromatic nitrogens is 3. The predicted molar refractivity (Wildman–Crippen MR) is 93.6 cm³/mol. The Morgan fingerprint density at radius 1 is 1.23 bits per heavy atom. The minimum Gasteiger partial charge on any atom is -0.263 e. The normalized spacial score (nSPS) is 11.3. The van der Waals surface area contributed by atoms with Gasteiger partial charge in [0.1, 0.15) is 5.15 Å². The van der Waals surface area contributed by atoms with Crippen LogP contribution in [0.25, 0.3) is 21.7 Å². The molecule has 3 aromatic heterocycles. The molecular formula is C16H15Cl2N3S. The van der Waals surface area contributed by atoms with Crippen LogP contribution in [0.3, 0.4) is 0 Å². The molecule has 0 aliphatic heterocycles. The molecule has 0 unspecified atom stereocenters. The van der Waals surface area contributed by atoms with Gasteiger partial charge in [-0.25, -0.2) is 4.98 Å². The summed E-state index contributed by atoms with van der Waals surface area (Å²) in [5.74, 6) is 0.503. The molecule has 0 N–H and O–H groups in total. The van der Waals surface area contributed by atoms with Crippen molar-refractivity contribution in [1.29, 1.82) is 0 Å². The van der Waals surface area contributed by atoms with E-state index in [2.05, 4.69) is 23.9 Å². The monoisotopic (exact) mass is 351 g/mol. The van der Waals surface area contributed by atoms with Gasteiger partial charge in [-0.15, -0.1) is 11.3 Å². The highest BCUT2D eigenvalue weighted by molar-refractivity contribution is 7.19. The van der Waals surface area contributed by atoms with Gasteiger partial charge in [-0.3, -0.25) is 4.68 Å². The Kier molecular flexibility index (Phi) is 4.52. The molecule has 3 aromatic rings.